The van der Waals surface area contributed by atoms with Gasteiger partial charge in [0.15, 0.2) is 0 Å². The number of pyridine rings is 1. The highest BCUT2D eigenvalue weighted by molar-refractivity contribution is 9.10. The molecule has 3 aromatic rings. The van der Waals surface area contributed by atoms with Crippen molar-refractivity contribution >= 4 is 38.4 Å². The molecule has 6 heteroatoms. The number of carbonyl (C=O) groups excluding carboxylic acids is 1. The monoisotopic (exact) mass is 391 g/mol. The molecule has 0 unspecified atom stereocenters. The number of hydrogen-bond acceptors (Lipinski definition) is 2. The van der Waals surface area contributed by atoms with E-state index in [9.17, 15) is 14.3 Å². The number of nitrogens with zero attached hydrogens (tertiary/aromatic N) is 2. The molecule has 0 saturated heterocycles. The van der Waals surface area contributed by atoms with Gasteiger partial charge in [0.25, 0.3) is 11.3 Å². The average molecular weight is 392 g/mol. The SMILES string of the molecule is O=C(F)c1c(O)[n+](C2CCCCC2)c2c3cccc(Br)c3ccn12. The van der Waals surface area contributed by atoms with E-state index in [-0.39, 0.29) is 17.6 Å². The van der Waals surface area contributed by atoms with E-state index in [1.807, 2.05) is 24.3 Å². The summed E-state index contributed by atoms with van der Waals surface area (Å²) >= 11 is 3.54. The molecule has 2 aromatic heterocycles. The van der Waals surface area contributed by atoms with Gasteiger partial charge in [-0.3, -0.25) is 4.79 Å². The van der Waals surface area contributed by atoms with E-state index in [0.29, 0.717) is 5.65 Å². The van der Waals surface area contributed by atoms with Crippen LogP contribution in [0.5, 0.6) is 5.88 Å². The fraction of sp³-hybridized carbons (Fsp3) is 0.333. The van der Waals surface area contributed by atoms with Gasteiger partial charge in [-0.15, -0.1) is 0 Å². The van der Waals surface area contributed by atoms with Crippen molar-refractivity contribution in [2.75, 3.05) is 0 Å². The van der Waals surface area contributed by atoms with Crippen LogP contribution in [0.25, 0.3) is 16.4 Å². The van der Waals surface area contributed by atoms with Crippen molar-refractivity contribution < 1.29 is 18.9 Å². The smallest absolute Gasteiger partial charge is 0.379 e. The van der Waals surface area contributed by atoms with E-state index in [0.717, 1.165) is 40.9 Å². The minimum atomic E-state index is -1.62. The first-order valence-electron chi connectivity index (χ1n) is 8.15. The number of carbonyl (C=O) groups is 1. The molecular weight excluding hydrogens is 375 g/mol. The van der Waals surface area contributed by atoms with E-state index in [2.05, 4.69) is 15.9 Å². The Balaban J connectivity index is 2.13. The highest BCUT2D eigenvalue weighted by Crippen LogP contribution is 2.33. The van der Waals surface area contributed by atoms with Gasteiger partial charge in [-0.25, -0.2) is 0 Å². The van der Waals surface area contributed by atoms with E-state index in [1.54, 1.807) is 10.8 Å². The maximum atomic E-state index is 13.6. The molecule has 1 aliphatic carbocycles. The Kier molecular flexibility index (Phi) is 3.79. The van der Waals surface area contributed by atoms with E-state index < -0.39 is 6.04 Å². The molecule has 124 valence electrons. The summed E-state index contributed by atoms with van der Waals surface area (Å²) in [5.41, 5.74) is 0.372. The number of fused-ring (bicyclic) bond motifs is 3. The Hall–Kier alpha value is -1.95. The van der Waals surface area contributed by atoms with Crippen molar-refractivity contribution in [3.63, 3.8) is 0 Å². The molecule has 2 heterocycles. The van der Waals surface area contributed by atoms with Crippen molar-refractivity contribution in [2.45, 2.75) is 38.1 Å². The molecule has 0 atom stereocenters. The number of imidazole rings is 1. The molecule has 1 aliphatic rings. The Morgan fingerprint density at radius 1 is 1.21 bits per heavy atom. The first-order valence-corrected chi connectivity index (χ1v) is 8.94. The summed E-state index contributed by atoms with van der Waals surface area (Å²) in [5, 5.41) is 12.5. The van der Waals surface area contributed by atoms with Crippen LogP contribution in [0.1, 0.15) is 48.6 Å². The summed E-state index contributed by atoms with van der Waals surface area (Å²) < 4.78 is 17.8. The molecule has 24 heavy (non-hydrogen) atoms. The fourth-order valence-electron chi connectivity index (χ4n) is 3.87. The highest BCUT2D eigenvalue weighted by atomic mass is 79.9. The third-order valence-electron chi connectivity index (χ3n) is 4.95. The third-order valence-corrected chi connectivity index (χ3v) is 5.64. The molecule has 0 spiro atoms. The molecule has 1 fully saturated rings. The van der Waals surface area contributed by atoms with Gasteiger partial charge in [-0.2, -0.15) is 13.4 Å². The maximum absolute atomic E-state index is 13.6. The zero-order valence-corrected chi connectivity index (χ0v) is 14.6. The normalized spacial score (nSPS) is 16.1. The second-order valence-corrected chi connectivity index (χ2v) is 7.17. The fourth-order valence-corrected chi connectivity index (χ4v) is 4.37. The summed E-state index contributed by atoms with van der Waals surface area (Å²) in [5.74, 6) is -0.276. The summed E-state index contributed by atoms with van der Waals surface area (Å²) in [7, 11) is 0. The van der Waals surface area contributed by atoms with Gasteiger partial charge in [-0.1, -0.05) is 28.4 Å². The van der Waals surface area contributed by atoms with Crippen molar-refractivity contribution in [3.8, 4) is 5.88 Å². The van der Waals surface area contributed by atoms with Gasteiger partial charge in [0.2, 0.25) is 0 Å². The average Bonchev–Trinajstić information content (AvgIpc) is 2.88. The second kappa shape index (κ2) is 5.84. The lowest BCUT2D eigenvalue weighted by molar-refractivity contribution is -0.705. The first kappa shape index (κ1) is 15.6. The van der Waals surface area contributed by atoms with Crippen LogP contribution < -0.4 is 4.57 Å². The maximum Gasteiger partial charge on any atom is 0.379 e. The highest BCUT2D eigenvalue weighted by Gasteiger charge is 2.36. The predicted octanol–water partition coefficient (Wildman–Crippen LogP) is 4.46. The van der Waals surface area contributed by atoms with E-state index in [4.69, 9.17) is 0 Å². The Morgan fingerprint density at radius 2 is 1.96 bits per heavy atom. The summed E-state index contributed by atoms with van der Waals surface area (Å²) in [6, 6.07) is 6.05. The Labute approximate surface area is 146 Å². The summed E-state index contributed by atoms with van der Waals surface area (Å²) in [4.78, 5) is 11.5. The topological polar surface area (TPSA) is 45.6 Å². The van der Waals surface area contributed by atoms with Crippen molar-refractivity contribution in [3.05, 3.63) is 40.6 Å². The number of halogens is 2. The van der Waals surface area contributed by atoms with Crippen LogP contribution >= 0.6 is 15.9 Å². The van der Waals surface area contributed by atoms with Crippen LogP contribution in [0, 0.1) is 0 Å². The lowest BCUT2D eigenvalue weighted by Crippen LogP contribution is -2.40. The number of aromatic nitrogens is 2. The zero-order chi connectivity index (χ0) is 16.8. The molecule has 0 radical (unpaired) electrons. The molecule has 1 aromatic carbocycles. The number of benzene rings is 1. The van der Waals surface area contributed by atoms with Crippen molar-refractivity contribution in [1.82, 2.24) is 4.40 Å². The first-order chi connectivity index (χ1) is 11.6. The molecular formula is C18H17BrFN2O2+. The van der Waals surface area contributed by atoms with Crippen LogP contribution in [-0.4, -0.2) is 15.5 Å². The molecule has 0 aliphatic heterocycles. The van der Waals surface area contributed by atoms with Crippen LogP contribution in [0.2, 0.25) is 0 Å². The molecule has 1 saturated carbocycles. The zero-order valence-electron chi connectivity index (χ0n) is 13.0. The quantitative estimate of drug-likeness (QED) is 0.517. The minimum Gasteiger partial charge on any atom is -0.474 e. The van der Waals surface area contributed by atoms with E-state index >= 15 is 0 Å². The molecule has 0 bridgehead atoms. The van der Waals surface area contributed by atoms with Gasteiger partial charge < -0.3 is 5.11 Å². The second-order valence-electron chi connectivity index (χ2n) is 6.32. The molecule has 0 amide bonds. The van der Waals surface area contributed by atoms with E-state index in [1.165, 1.54) is 10.8 Å². The molecule has 1 N–H and O–H groups in total. The lowest BCUT2D eigenvalue weighted by atomic mass is 9.95. The third kappa shape index (κ3) is 2.24. The van der Waals surface area contributed by atoms with Gasteiger partial charge in [0, 0.05) is 9.86 Å². The molecule has 4 rings (SSSR count). The van der Waals surface area contributed by atoms with Crippen LogP contribution in [0.4, 0.5) is 4.39 Å². The standard InChI is InChI=1S/C18H16BrFN2O2/c19-14-8-4-7-13-12(14)9-10-21-15(16(20)23)18(24)22(17(13)21)11-5-2-1-3-6-11/h4,7-11H,1-3,5-6H2/p+1. The van der Waals surface area contributed by atoms with Crippen LogP contribution in [0.15, 0.2) is 34.9 Å². The summed E-state index contributed by atoms with van der Waals surface area (Å²) in [6.07, 6.45) is 6.80. The predicted molar refractivity (Wildman–Crippen MR) is 92.0 cm³/mol. The number of hydrogen-bond donors (Lipinski definition) is 1. The van der Waals surface area contributed by atoms with Crippen molar-refractivity contribution in [2.24, 2.45) is 0 Å². The van der Waals surface area contributed by atoms with Gasteiger partial charge in [0.05, 0.1) is 11.6 Å². The Morgan fingerprint density at radius 3 is 2.67 bits per heavy atom. The Bertz CT molecular complexity index is 961. The molecule has 4 nitrogen and oxygen atoms in total. The van der Waals surface area contributed by atoms with Gasteiger partial charge >= 0.3 is 11.9 Å². The minimum absolute atomic E-state index is 0.0754. The number of aromatic hydroxyl groups is 1. The summed E-state index contributed by atoms with van der Waals surface area (Å²) in [6.45, 7) is 0. The largest absolute Gasteiger partial charge is 0.474 e. The van der Waals surface area contributed by atoms with Gasteiger partial charge in [0.1, 0.15) is 6.04 Å². The van der Waals surface area contributed by atoms with Crippen molar-refractivity contribution in [1.29, 1.82) is 0 Å². The lowest BCUT2D eigenvalue weighted by Gasteiger charge is -2.19. The van der Waals surface area contributed by atoms with Gasteiger partial charge in [-0.05, 0) is 43.9 Å². The van der Waals surface area contributed by atoms with Crippen LogP contribution in [-0.2, 0) is 0 Å². The van der Waals surface area contributed by atoms with Crippen LogP contribution in [0.3, 0.4) is 0 Å². The number of rotatable bonds is 2.